The molecule has 0 saturated heterocycles. The standard InChI is InChI=1S/C27H24ClN3O/c1-2-19-9-3-5-13-23(19)29-27(32)31-18-21-10-4-6-14-24(21)30-16-8-15-25(30)26(31)20-11-7-12-22(28)17-20/h3-17,26H,2,18H2,1H3,(H,29,32)/t26-/m0/s1. The summed E-state index contributed by atoms with van der Waals surface area (Å²) in [5.74, 6) is 0. The summed E-state index contributed by atoms with van der Waals surface area (Å²) in [7, 11) is 0. The number of hydrogen-bond acceptors (Lipinski definition) is 1. The molecule has 2 heterocycles. The Bertz CT molecular complexity index is 1280. The monoisotopic (exact) mass is 441 g/mol. The second-order valence-corrected chi connectivity index (χ2v) is 8.39. The Kier molecular flexibility index (Phi) is 5.46. The highest BCUT2D eigenvalue weighted by Gasteiger charge is 2.33. The van der Waals surface area contributed by atoms with Crippen molar-refractivity contribution >= 4 is 23.3 Å². The van der Waals surface area contributed by atoms with Gasteiger partial charge < -0.3 is 14.8 Å². The van der Waals surface area contributed by atoms with Gasteiger partial charge in [-0.2, -0.15) is 0 Å². The van der Waals surface area contributed by atoms with Gasteiger partial charge in [-0.05, 0) is 59.5 Å². The van der Waals surface area contributed by atoms with Gasteiger partial charge in [-0.15, -0.1) is 0 Å². The lowest BCUT2D eigenvalue weighted by Crippen LogP contribution is -2.38. The zero-order chi connectivity index (χ0) is 22.1. The van der Waals surface area contributed by atoms with E-state index in [0.717, 1.165) is 40.2 Å². The van der Waals surface area contributed by atoms with E-state index in [4.69, 9.17) is 11.6 Å². The second kappa shape index (κ2) is 8.56. The number of nitrogens with zero attached hydrogens (tertiary/aromatic N) is 2. The van der Waals surface area contributed by atoms with Crippen LogP contribution in [-0.4, -0.2) is 15.5 Å². The van der Waals surface area contributed by atoms with Crippen molar-refractivity contribution in [3.8, 4) is 5.69 Å². The van der Waals surface area contributed by atoms with Crippen LogP contribution in [0.2, 0.25) is 5.02 Å². The van der Waals surface area contributed by atoms with Gasteiger partial charge in [0.25, 0.3) is 0 Å². The molecule has 1 aromatic heterocycles. The first-order valence-electron chi connectivity index (χ1n) is 10.8. The van der Waals surface area contributed by atoms with Gasteiger partial charge in [0.2, 0.25) is 0 Å². The number of urea groups is 1. The molecule has 5 heteroatoms. The number of benzene rings is 3. The summed E-state index contributed by atoms with van der Waals surface area (Å²) in [5, 5.41) is 3.82. The second-order valence-electron chi connectivity index (χ2n) is 7.96. The van der Waals surface area contributed by atoms with E-state index in [1.807, 2.05) is 71.6 Å². The molecule has 3 aromatic carbocycles. The summed E-state index contributed by atoms with van der Waals surface area (Å²) >= 11 is 6.37. The molecule has 32 heavy (non-hydrogen) atoms. The van der Waals surface area contributed by atoms with Crippen molar-refractivity contribution in [1.29, 1.82) is 0 Å². The predicted molar refractivity (Wildman–Crippen MR) is 129 cm³/mol. The molecule has 2 amide bonds. The minimum atomic E-state index is -0.287. The van der Waals surface area contributed by atoms with Crippen molar-refractivity contribution in [2.24, 2.45) is 0 Å². The van der Waals surface area contributed by atoms with Crippen molar-refractivity contribution < 1.29 is 4.79 Å². The van der Waals surface area contributed by atoms with Crippen LogP contribution in [0.1, 0.15) is 35.3 Å². The highest BCUT2D eigenvalue weighted by molar-refractivity contribution is 6.30. The third-order valence-corrected chi connectivity index (χ3v) is 6.26. The molecule has 0 bridgehead atoms. The van der Waals surface area contributed by atoms with Crippen LogP contribution >= 0.6 is 11.6 Å². The minimum absolute atomic E-state index is 0.139. The Morgan fingerprint density at radius 3 is 2.66 bits per heavy atom. The van der Waals surface area contributed by atoms with E-state index in [2.05, 4.69) is 41.2 Å². The smallest absolute Gasteiger partial charge is 0.318 e. The third-order valence-electron chi connectivity index (χ3n) is 6.03. The lowest BCUT2D eigenvalue weighted by atomic mass is 10.0. The van der Waals surface area contributed by atoms with E-state index in [-0.39, 0.29) is 12.1 Å². The van der Waals surface area contributed by atoms with Crippen LogP contribution in [0.15, 0.2) is 91.1 Å². The van der Waals surface area contributed by atoms with Crippen molar-refractivity contribution in [2.75, 3.05) is 5.32 Å². The summed E-state index contributed by atoms with van der Waals surface area (Å²) < 4.78 is 2.17. The number of nitrogens with one attached hydrogen (secondary N) is 1. The summed E-state index contributed by atoms with van der Waals surface area (Å²) in [6.07, 6.45) is 2.90. The van der Waals surface area contributed by atoms with Gasteiger partial charge in [-0.3, -0.25) is 0 Å². The normalized spacial score (nSPS) is 14.9. The number of carbonyl (C=O) groups is 1. The zero-order valence-electron chi connectivity index (χ0n) is 17.8. The van der Waals surface area contributed by atoms with E-state index in [0.29, 0.717) is 11.6 Å². The van der Waals surface area contributed by atoms with Crippen LogP contribution < -0.4 is 5.32 Å². The van der Waals surface area contributed by atoms with Crippen molar-refractivity contribution in [3.05, 3.63) is 119 Å². The lowest BCUT2D eigenvalue weighted by molar-refractivity contribution is 0.194. The van der Waals surface area contributed by atoms with Gasteiger partial charge in [0.15, 0.2) is 0 Å². The summed E-state index contributed by atoms with van der Waals surface area (Å²) in [6.45, 7) is 2.57. The Hall–Kier alpha value is -3.50. The fourth-order valence-electron chi connectivity index (χ4n) is 4.50. The van der Waals surface area contributed by atoms with Crippen molar-refractivity contribution in [2.45, 2.75) is 25.9 Å². The van der Waals surface area contributed by atoms with Gasteiger partial charge in [0, 0.05) is 22.6 Å². The molecule has 0 saturated carbocycles. The Labute approximate surface area is 193 Å². The minimum Gasteiger partial charge on any atom is -0.318 e. The van der Waals surface area contributed by atoms with Gasteiger partial charge in [-0.25, -0.2) is 4.79 Å². The Morgan fingerprint density at radius 2 is 1.81 bits per heavy atom. The van der Waals surface area contributed by atoms with Crippen LogP contribution in [0, 0.1) is 0 Å². The average Bonchev–Trinajstić information content (AvgIpc) is 3.23. The molecule has 1 aliphatic heterocycles. The fraction of sp³-hybridized carbons (Fsp3) is 0.148. The number of anilines is 1. The molecule has 0 fully saturated rings. The van der Waals surface area contributed by atoms with Gasteiger partial charge in [-0.1, -0.05) is 67.1 Å². The van der Waals surface area contributed by atoms with E-state index < -0.39 is 0 Å². The van der Waals surface area contributed by atoms with Crippen LogP contribution in [0.3, 0.4) is 0 Å². The number of aryl methyl sites for hydroxylation is 1. The highest BCUT2D eigenvalue weighted by atomic mass is 35.5. The highest BCUT2D eigenvalue weighted by Crippen LogP contribution is 2.37. The lowest BCUT2D eigenvalue weighted by Gasteiger charge is -2.31. The molecule has 1 N–H and O–H groups in total. The van der Waals surface area contributed by atoms with Crippen LogP contribution in [0.4, 0.5) is 10.5 Å². The Morgan fingerprint density at radius 1 is 1.00 bits per heavy atom. The number of halogens is 1. The van der Waals surface area contributed by atoms with Crippen LogP contribution in [0.5, 0.6) is 0 Å². The molecular formula is C27H24ClN3O. The molecule has 0 spiro atoms. The predicted octanol–water partition coefficient (Wildman–Crippen LogP) is 6.83. The largest absolute Gasteiger partial charge is 0.322 e. The molecular weight excluding hydrogens is 418 g/mol. The van der Waals surface area contributed by atoms with Crippen molar-refractivity contribution in [1.82, 2.24) is 9.47 Å². The molecule has 0 radical (unpaired) electrons. The number of fused-ring (bicyclic) bond motifs is 3. The topological polar surface area (TPSA) is 37.3 Å². The molecule has 4 nitrogen and oxygen atoms in total. The first kappa shape index (κ1) is 20.4. The molecule has 5 rings (SSSR count). The molecule has 160 valence electrons. The maximum Gasteiger partial charge on any atom is 0.322 e. The summed E-state index contributed by atoms with van der Waals surface area (Å²) in [5.41, 5.74) is 6.13. The van der Waals surface area contributed by atoms with E-state index >= 15 is 0 Å². The third kappa shape index (κ3) is 3.67. The molecule has 1 aliphatic rings. The number of carbonyl (C=O) groups excluding carboxylic acids is 1. The fourth-order valence-corrected chi connectivity index (χ4v) is 4.70. The number of rotatable bonds is 3. The number of amides is 2. The van der Waals surface area contributed by atoms with Crippen molar-refractivity contribution in [3.63, 3.8) is 0 Å². The van der Waals surface area contributed by atoms with Gasteiger partial charge in [0.05, 0.1) is 18.3 Å². The maximum absolute atomic E-state index is 13.8. The summed E-state index contributed by atoms with van der Waals surface area (Å²) in [4.78, 5) is 15.7. The molecule has 4 aromatic rings. The van der Waals surface area contributed by atoms with Gasteiger partial charge in [0.1, 0.15) is 0 Å². The van der Waals surface area contributed by atoms with Crippen LogP contribution in [-0.2, 0) is 13.0 Å². The number of aromatic nitrogens is 1. The maximum atomic E-state index is 13.8. The number of hydrogen-bond donors (Lipinski definition) is 1. The van der Waals surface area contributed by atoms with E-state index in [1.54, 1.807) is 0 Å². The number of para-hydroxylation sites is 2. The summed E-state index contributed by atoms with van der Waals surface area (Å²) in [6, 6.07) is 27.6. The van der Waals surface area contributed by atoms with Gasteiger partial charge >= 0.3 is 6.03 Å². The zero-order valence-corrected chi connectivity index (χ0v) is 18.6. The van der Waals surface area contributed by atoms with E-state index in [1.165, 1.54) is 0 Å². The molecule has 0 aliphatic carbocycles. The average molecular weight is 442 g/mol. The molecule has 0 unspecified atom stereocenters. The quantitative estimate of drug-likeness (QED) is 0.371. The first-order valence-corrected chi connectivity index (χ1v) is 11.2. The first-order chi connectivity index (χ1) is 15.7. The Balaban J connectivity index is 1.64. The van der Waals surface area contributed by atoms with Crippen LogP contribution in [0.25, 0.3) is 5.69 Å². The molecule has 1 atom stereocenters. The van der Waals surface area contributed by atoms with E-state index in [9.17, 15) is 4.79 Å². The SMILES string of the molecule is CCc1ccccc1NC(=O)N1Cc2ccccc2-n2cccc2[C@@H]1c1cccc(Cl)c1.